The molecule has 1 saturated heterocycles. The van der Waals surface area contributed by atoms with Crippen LogP contribution in [0, 0.1) is 6.92 Å². The summed E-state index contributed by atoms with van der Waals surface area (Å²) in [6.07, 6.45) is 0.945. The fourth-order valence-corrected chi connectivity index (χ4v) is 7.13. The third kappa shape index (κ3) is 3.90. The van der Waals surface area contributed by atoms with E-state index < -0.39 is 25.9 Å². The van der Waals surface area contributed by atoms with E-state index in [1.807, 2.05) is 13.8 Å². The van der Waals surface area contributed by atoms with E-state index in [4.69, 9.17) is 11.6 Å². The van der Waals surface area contributed by atoms with Gasteiger partial charge in [0, 0.05) is 17.1 Å². The molecule has 0 unspecified atom stereocenters. The van der Waals surface area contributed by atoms with Crippen LogP contribution in [-0.4, -0.2) is 44.7 Å². The molecular formula is C15H22ClNO4S2. The minimum Gasteiger partial charge on any atom is -0.229 e. The van der Waals surface area contributed by atoms with Crippen molar-refractivity contribution < 1.29 is 16.8 Å². The summed E-state index contributed by atoms with van der Waals surface area (Å²) in [6.45, 7) is 5.41. The molecule has 1 aliphatic rings. The second-order valence-corrected chi connectivity index (χ2v) is 10.5. The molecule has 23 heavy (non-hydrogen) atoms. The predicted molar refractivity (Wildman–Crippen MR) is 92.0 cm³/mol. The molecule has 0 radical (unpaired) electrons. The largest absolute Gasteiger partial charge is 0.243 e. The second kappa shape index (κ2) is 6.70. The summed E-state index contributed by atoms with van der Waals surface area (Å²) in [4.78, 5) is 0.148. The van der Waals surface area contributed by atoms with E-state index in [1.54, 1.807) is 19.1 Å². The van der Waals surface area contributed by atoms with Crippen LogP contribution >= 0.6 is 11.6 Å². The monoisotopic (exact) mass is 379 g/mol. The first kappa shape index (κ1) is 18.7. The Kier molecular flexibility index (Phi) is 5.45. The molecular weight excluding hydrogens is 358 g/mol. The molecule has 1 aromatic rings. The lowest BCUT2D eigenvalue weighted by atomic mass is 10.2. The van der Waals surface area contributed by atoms with Gasteiger partial charge in [0.05, 0.1) is 16.4 Å². The summed E-state index contributed by atoms with van der Waals surface area (Å²) in [5, 5.41) is 0.345. The molecule has 0 aliphatic carbocycles. The zero-order valence-electron chi connectivity index (χ0n) is 13.5. The number of hydrogen-bond donors (Lipinski definition) is 0. The lowest BCUT2D eigenvalue weighted by molar-refractivity contribution is 0.271. The Morgan fingerprint density at radius 2 is 2.04 bits per heavy atom. The predicted octanol–water partition coefficient (Wildman–Crippen LogP) is 2.62. The number of hydrogen-bond acceptors (Lipinski definition) is 4. The fourth-order valence-electron chi connectivity index (χ4n) is 2.91. The number of benzene rings is 1. The molecule has 0 N–H and O–H groups in total. The molecule has 0 amide bonds. The zero-order valence-corrected chi connectivity index (χ0v) is 15.9. The topological polar surface area (TPSA) is 71.5 Å². The van der Waals surface area contributed by atoms with E-state index in [0.29, 0.717) is 23.4 Å². The maximum Gasteiger partial charge on any atom is 0.243 e. The van der Waals surface area contributed by atoms with Crippen molar-refractivity contribution in [3.63, 3.8) is 0 Å². The standard InChI is InChI=1S/C15H22ClNO4S2/c1-4-12(3)17(14-7-8-22(18,19)10-14)23(20,21)15-9-13(16)6-5-11(15)2/h5-6,9,12,14H,4,7-8,10H2,1-3H3/t12-,14+/m1/s1. The van der Waals surface area contributed by atoms with Crippen molar-refractivity contribution >= 4 is 31.5 Å². The number of aryl methyl sites for hydroxylation is 1. The van der Waals surface area contributed by atoms with Gasteiger partial charge in [0.2, 0.25) is 10.0 Å². The van der Waals surface area contributed by atoms with Crippen molar-refractivity contribution in [1.29, 1.82) is 0 Å². The highest BCUT2D eigenvalue weighted by molar-refractivity contribution is 7.92. The smallest absolute Gasteiger partial charge is 0.229 e. The van der Waals surface area contributed by atoms with Crippen molar-refractivity contribution in [1.82, 2.24) is 4.31 Å². The normalized spacial score (nSPS) is 22.4. The molecule has 0 spiro atoms. The van der Waals surface area contributed by atoms with Gasteiger partial charge in [0.25, 0.3) is 0 Å². The van der Waals surface area contributed by atoms with Crippen LogP contribution in [0.1, 0.15) is 32.3 Å². The van der Waals surface area contributed by atoms with Gasteiger partial charge in [0.15, 0.2) is 9.84 Å². The van der Waals surface area contributed by atoms with Crippen LogP contribution in [0.3, 0.4) is 0 Å². The molecule has 0 aromatic heterocycles. The molecule has 1 aromatic carbocycles. The van der Waals surface area contributed by atoms with Gasteiger partial charge in [-0.2, -0.15) is 4.31 Å². The summed E-state index contributed by atoms with van der Waals surface area (Å²) in [5.41, 5.74) is 0.601. The first-order valence-corrected chi connectivity index (χ1v) is 11.2. The van der Waals surface area contributed by atoms with Crippen LogP contribution in [0.5, 0.6) is 0 Å². The van der Waals surface area contributed by atoms with E-state index in [1.165, 1.54) is 10.4 Å². The minimum absolute atomic E-state index is 0.0364. The third-order valence-electron chi connectivity index (χ3n) is 4.30. The van der Waals surface area contributed by atoms with Crippen molar-refractivity contribution in [2.24, 2.45) is 0 Å². The van der Waals surface area contributed by atoms with Crippen LogP contribution in [0.4, 0.5) is 0 Å². The molecule has 1 fully saturated rings. The Labute approximate surface area is 143 Å². The number of rotatable bonds is 5. The van der Waals surface area contributed by atoms with Gasteiger partial charge in [0.1, 0.15) is 0 Å². The summed E-state index contributed by atoms with van der Waals surface area (Å²) < 4.78 is 51.3. The van der Waals surface area contributed by atoms with Crippen LogP contribution in [-0.2, 0) is 19.9 Å². The van der Waals surface area contributed by atoms with E-state index in [9.17, 15) is 16.8 Å². The number of sulfone groups is 1. The van der Waals surface area contributed by atoms with Gasteiger partial charge in [-0.05, 0) is 44.4 Å². The van der Waals surface area contributed by atoms with Gasteiger partial charge in [-0.25, -0.2) is 16.8 Å². The molecule has 1 aliphatic heterocycles. The average Bonchev–Trinajstić information content (AvgIpc) is 2.80. The van der Waals surface area contributed by atoms with Gasteiger partial charge in [-0.15, -0.1) is 0 Å². The lowest BCUT2D eigenvalue weighted by Gasteiger charge is -2.32. The highest BCUT2D eigenvalue weighted by Crippen LogP contribution is 2.30. The van der Waals surface area contributed by atoms with Gasteiger partial charge < -0.3 is 0 Å². The first-order valence-electron chi connectivity index (χ1n) is 7.58. The summed E-state index contributed by atoms with van der Waals surface area (Å²) in [6, 6.07) is 3.94. The summed E-state index contributed by atoms with van der Waals surface area (Å²) >= 11 is 5.97. The highest BCUT2D eigenvalue weighted by Gasteiger charge is 2.41. The Morgan fingerprint density at radius 3 is 2.57 bits per heavy atom. The molecule has 2 atom stereocenters. The maximum atomic E-state index is 13.2. The van der Waals surface area contributed by atoms with Crippen molar-refractivity contribution in [3.8, 4) is 0 Å². The van der Waals surface area contributed by atoms with Crippen LogP contribution in [0.15, 0.2) is 23.1 Å². The SMILES string of the molecule is CC[C@@H](C)N([C@H]1CCS(=O)(=O)C1)S(=O)(=O)c1cc(Cl)ccc1C. The number of nitrogens with zero attached hydrogens (tertiary/aromatic N) is 1. The highest BCUT2D eigenvalue weighted by atomic mass is 35.5. The Morgan fingerprint density at radius 1 is 1.39 bits per heavy atom. The quantitative estimate of drug-likeness (QED) is 0.788. The van der Waals surface area contributed by atoms with Gasteiger partial charge >= 0.3 is 0 Å². The van der Waals surface area contributed by atoms with Gasteiger partial charge in [-0.1, -0.05) is 24.6 Å². The number of halogens is 1. The van der Waals surface area contributed by atoms with E-state index >= 15 is 0 Å². The van der Waals surface area contributed by atoms with E-state index in [0.717, 1.165) is 0 Å². The molecule has 0 bridgehead atoms. The zero-order chi connectivity index (χ0) is 17.4. The Balaban J connectivity index is 2.52. The third-order valence-corrected chi connectivity index (χ3v) is 8.49. The summed E-state index contributed by atoms with van der Waals surface area (Å²) in [5.74, 6) is -0.0785. The molecule has 0 saturated carbocycles. The van der Waals surface area contributed by atoms with E-state index in [-0.39, 0.29) is 22.4 Å². The molecule has 130 valence electrons. The fraction of sp³-hybridized carbons (Fsp3) is 0.600. The molecule has 1 heterocycles. The Bertz CT molecular complexity index is 790. The van der Waals surface area contributed by atoms with Crippen LogP contribution in [0.25, 0.3) is 0 Å². The van der Waals surface area contributed by atoms with Crippen LogP contribution < -0.4 is 0 Å². The van der Waals surface area contributed by atoms with E-state index in [2.05, 4.69) is 0 Å². The lowest BCUT2D eigenvalue weighted by Crippen LogP contribution is -2.46. The minimum atomic E-state index is -3.81. The van der Waals surface area contributed by atoms with Crippen molar-refractivity contribution in [2.75, 3.05) is 11.5 Å². The summed E-state index contributed by atoms with van der Waals surface area (Å²) in [7, 11) is -6.99. The first-order chi connectivity index (χ1) is 10.6. The van der Waals surface area contributed by atoms with Crippen molar-refractivity contribution in [3.05, 3.63) is 28.8 Å². The van der Waals surface area contributed by atoms with Gasteiger partial charge in [-0.3, -0.25) is 0 Å². The molecule has 2 rings (SSSR count). The molecule has 8 heteroatoms. The Hall–Kier alpha value is -0.630. The van der Waals surface area contributed by atoms with Crippen LogP contribution in [0.2, 0.25) is 5.02 Å². The second-order valence-electron chi connectivity index (χ2n) is 6.06. The molecule has 5 nitrogen and oxygen atoms in total. The average molecular weight is 380 g/mol. The van der Waals surface area contributed by atoms with Crippen molar-refractivity contribution in [2.45, 2.75) is 50.6 Å². The number of sulfonamides is 1. The maximum absolute atomic E-state index is 13.2.